The Morgan fingerprint density at radius 2 is 1.94 bits per heavy atom. The predicted octanol–water partition coefficient (Wildman–Crippen LogP) is 2.01. The fraction of sp³-hybridized carbons (Fsp3) is 0.357. The summed E-state index contributed by atoms with van der Waals surface area (Å²) in [5.41, 5.74) is 0.0330. The van der Waals surface area contributed by atoms with Crippen molar-refractivity contribution >= 4 is 16.7 Å². The van der Waals surface area contributed by atoms with Crippen molar-refractivity contribution in [1.82, 2.24) is 9.55 Å². The van der Waals surface area contributed by atoms with Gasteiger partial charge < -0.3 is 0 Å². The topological polar surface area (TPSA) is 52.0 Å². The van der Waals surface area contributed by atoms with Crippen LogP contribution in [0.3, 0.4) is 0 Å². The van der Waals surface area contributed by atoms with Crippen molar-refractivity contribution in [3.8, 4) is 0 Å². The quantitative estimate of drug-likeness (QED) is 0.812. The van der Waals surface area contributed by atoms with Crippen LogP contribution in [0.15, 0.2) is 35.4 Å². The molecule has 2 rings (SSSR count). The van der Waals surface area contributed by atoms with E-state index in [0.717, 1.165) is 0 Å². The molecule has 0 saturated carbocycles. The van der Waals surface area contributed by atoms with Crippen LogP contribution < -0.4 is 5.56 Å². The van der Waals surface area contributed by atoms with E-state index in [0.29, 0.717) is 10.9 Å². The minimum absolute atomic E-state index is 0.0154. The third-order valence-corrected chi connectivity index (χ3v) is 2.88. The van der Waals surface area contributed by atoms with Gasteiger partial charge >= 0.3 is 0 Å². The first-order valence-electron chi connectivity index (χ1n) is 5.87. The molecule has 2 aromatic rings. The Hall–Kier alpha value is -1.97. The fourth-order valence-corrected chi connectivity index (χ4v) is 1.61. The van der Waals surface area contributed by atoms with Crippen molar-refractivity contribution in [2.75, 3.05) is 0 Å². The summed E-state index contributed by atoms with van der Waals surface area (Å²) in [5.74, 6) is 0.0154. The Labute approximate surface area is 105 Å². The van der Waals surface area contributed by atoms with Crippen LogP contribution in [-0.2, 0) is 11.3 Å². The molecule has 0 unspecified atom stereocenters. The Kier molecular flexibility index (Phi) is 3.03. The van der Waals surface area contributed by atoms with Crippen LogP contribution in [0.5, 0.6) is 0 Å². The van der Waals surface area contributed by atoms with E-state index in [1.54, 1.807) is 18.2 Å². The lowest BCUT2D eigenvalue weighted by Gasteiger charge is -2.17. The fourth-order valence-electron chi connectivity index (χ4n) is 1.61. The second kappa shape index (κ2) is 4.37. The molecule has 1 heterocycles. The van der Waals surface area contributed by atoms with Gasteiger partial charge in [0, 0.05) is 5.41 Å². The van der Waals surface area contributed by atoms with E-state index < -0.39 is 5.41 Å². The molecule has 4 heteroatoms. The monoisotopic (exact) mass is 244 g/mol. The van der Waals surface area contributed by atoms with Crippen molar-refractivity contribution in [2.45, 2.75) is 27.3 Å². The molecule has 0 amide bonds. The number of carbonyl (C=O) groups is 1. The minimum atomic E-state index is -0.453. The van der Waals surface area contributed by atoms with Gasteiger partial charge in [-0.25, -0.2) is 4.98 Å². The van der Waals surface area contributed by atoms with Crippen LogP contribution in [0.2, 0.25) is 0 Å². The molecule has 1 aromatic heterocycles. The van der Waals surface area contributed by atoms with Gasteiger partial charge in [0.2, 0.25) is 0 Å². The molecule has 0 N–H and O–H groups in total. The van der Waals surface area contributed by atoms with Gasteiger partial charge in [-0.05, 0) is 12.1 Å². The molecule has 94 valence electrons. The van der Waals surface area contributed by atoms with E-state index in [9.17, 15) is 9.59 Å². The average Bonchev–Trinajstić information content (AvgIpc) is 2.32. The van der Waals surface area contributed by atoms with Crippen molar-refractivity contribution in [3.05, 3.63) is 40.9 Å². The van der Waals surface area contributed by atoms with E-state index in [1.807, 2.05) is 26.8 Å². The number of hydrogen-bond donors (Lipinski definition) is 0. The number of ketones is 1. The van der Waals surface area contributed by atoms with Gasteiger partial charge in [0.05, 0.1) is 23.8 Å². The molecule has 4 nitrogen and oxygen atoms in total. The summed E-state index contributed by atoms with van der Waals surface area (Å²) < 4.78 is 1.37. The van der Waals surface area contributed by atoms with E-state index in [4.69, 9.17) is 0 Å². The molecule has 0 spiro atoms. The van der Waals surface area contributed by atoms with Gasteiger partial charge in [-0.3, -0.25) is 14.2 Å². The lowest BCUT2D eigenvalue weighted by atomic mass is 9.91. The second-order valence-corrected chi connectivity index (χ2v) is 5.37. The van der Waals surface area contributed by atoms with Gasteiger partial charge in [0.15, 0.2) is 5.78 Å². The Morgan fingerprint density at radius 1 is 1.28 bits per heavy atom. The number of hydrogen-bond acceptors (Lipinski definition) is 3. The first kappa shape index (κ1) is 12.5. The van der Waals surface area contributed by atoms with Crippen molar-refractivity contribution in [3.63, 3.8) is 0 Å². The maximum Gasteiger partial charge on any atom is 0.261 e. The van der Waals surface area contributed by atoms with Crippen molar-refractivity contribution in [1.29, 1.82) is 0 Å². The van der Waals surface area contributed by atoms with Gasteiger partial charge in [-0.2, -0.15) is 0 Å². The molecule has 0 bridgehead atoms. The smallest absolute Gasteiger partial charge is 0.261 e. The van der Waals surface area contributed by atoms with Crippen LogP contribution >= 0.6 is 0 Å². The second-order valence-electron chi connectivity index (χ2n) is 5.37. The van der Waals surface area contributed by atoms with Crippen LogP contribution in [0.4, 0.5) is 0 Å². The van der Waals surface area contributed by atoms with Crippen LogP contribution in [0.1, 0.15) is 20.8 Å². The number of carbonyl (C=O) groups excluding carboxylic acids is 1. The SMILES string of the molecule is CC(C)(C)C(=O)Cn1cnc2ccccc2c1=O. The highest BCUT2D eigenvalue weighted by molar-refractivity contribution is 5.84. The van der Waals surface area contributed by atoms with E-state index >= 15 is 0 Å². The normalized spacial score (nSPS) is 11.7. The summed E-state index contributed by atoms with van der Waals surface area (Å²) in [4.78, 5) is 28.3. The summed E-state index contributed by atoms with van der Waals surface area (Å²) >= 11 is 0. The molecule has 0 saturated heterocycles. The molecule has 0 atom stereocenters. The van der Waals surface area contributed by atoms with Gasteiger partial charge in [0.1, 0.15) is 0 Å². The summed E-state index contributed by atoms with van der Waals surface area (Å²) in [6, 6.07) is 7.14. The highest BCUT2D eigenvalue weighted by Crippen LogP contribution is 2.15. The zero-order chi connectivity index (χ0) is 13.3. The van der Waals surface area contributed by atoms with Gasteiger partial charge in [-0.1, -0.05) is 32.9 Å². The third-order valence-electron chi connectivity index (χ3n) is 2.88. The summed E-state index contributed by atoms with van der Waals surface area (Å²) in [6.07, 6.45) is 1.44. The third kappa shape index (κ3) is 2.32. The molecular formula is C14H16N2O2. The number of para-hydroxylation sites is 1. The number of nitrogens with zero attached hydrogens (tertiary/aromatic N) is 2. The number of benzene rings is 1. The number of fused-ring (bicyclic) bond motifs is 1. The maximum absolute atomic E-state index is 12.2. The maximum atomic E-state index is 12.2. The molecule has 0 radical (unpaired) electrons. The van der Waals surface area contributed by atoms with E-state index in [1.165, 1.54) is 10.9 Å². The lowest BCUT2D eigenvalue weighted by Crippen LogP contribution is -2.30. The summed E-state index contributed by atoms with van der Waals surface area (Å²) in [6.45, 7) is 5.60. The number of Topliss-reactive ketones (excluding diaryl/α,β-unsaturated/α-hetero) is 1. The van der Waals surface area contributed by atoms with E-state index in [2.05, 4.69) is 4.98 Å². The standard InChI is InChI=1S/C14H16N2O2/c1-14(2,3)12(17)8-16-9-15-11-7-5-4-6-10(11)13(16)18/h4-7,9H,8H2,1-3H3. The molecular weight excluding hydrogens is 228 g/mol. The van der Waals surface area contributed by atoms with E-state index in [-0.39, 0.29) is 17.9 Å². The number of aromatic nitrogens is 2. The molecule has 1 aromatic carbocycles. The van der Waals surface area contributed by atoms with Crippen molar-refractivity contribution in [2.24, 2.45) is 5.41 Å². The first-order valence-corrected chi connectivity index (χ1v) is 5.87. The molecule has 0 aliphatic heterocycles. The first-order chi connectivity index (χ1) is 8.39. The zero-order valence-electron chi connectivity index (χ0n) is 10.8. The molecule has 0 aliphatic rings. The van der Waals surface area contributed by atoms with Crippen LogP contribution in [0, 0.1) is 5.41 Å². The Morgan fingerprint density at radius 3 is 2.61 bits per heavy atom. The summed E-state index contributed by atoms with van der Waals surface area (Å²) in [5, 5.41) is 0.543. The van der Waals surface area contributed by atoms with Crippen LogP contribution in [-0.4, -0.2) is 15.3 Å². The van der Waals surface area contributed by atoms with Crippen molar-refractivity contribution < 1.29 is 4.79 Å². The van der Waals surface area contributed by atoms with Crippen LogP contribution in [0.25, 0.3) is 10.9 Å². The summed E-state index contributed by atoms with van der Waals surface area (Å²) in [7, 11) is 0. The number of rotatable bonds is 2. The minimum Gasteiger partial charge on any atom is -0.297 e. The molecule has 0 fully saturated rings. The highest BCUT2D eigenvalue weighted by atomic mass is 16.1. The predicted molar refractivity (Wildman–Crippen MR) is 70.5 cm³/mol. The zero-order valence-corrected chi connectivity index (χ0v) is 10.8. The Bertz CT molecular complexity index is 651. The lowest BCUT2D eigenvalue weighted by molar-refractivity contribution is -0.126. The largest absolute Gasteiger partial charge is 0.297 e. The highest BCUT2D eigenvalue weighted by Gasteiger charge is 2.21. The Balaban J connectivity index is 2.45. The molecule has 0 aliphatic carbocycles. The van der Waals surface area contributed by atoms with Gasteiger partial charge in [-0.15, -0.1) is 0 Å². The van der Waals surface area contributed by atoms with Gasteiger partial charge in [0.25, 0.3) is 5.56 Å². The average molecular weight is 244 g/mol. The molecule has 18 heavy (non-hydrogen) atoms.